The fourth-order valence-corrected chi connectivity index (χ4v) is 5.60. The highest BCUT2D eigenvalue weighted by Crippen LogP contribution is 2.35. The summed E-state index contributed by atoms with van der Waals surface area (Å²) in [7, 11) is 0. The van der Waals surface area contributed by atoms with Crippen molar-refractivity contribution in [1.82, 2.24) is 19.2 Å². The molecule has 2 aromatic heterocycles. The van der Waals surface area contributed by atoms with Gasteiger partial charge in [0, 0.05) is 49.2 Å². The molecule has 0 atom stereocenters. The Balaban J connectivity index is 1.52. The molecule has 3 heterocycles. The second-order valence-corrected chi connectivity index (χ2v) is 9.81. The molecule has 0 radical (unpaired) electrons. The van der Waals surface area contributed by atoms with Crippen LogP contribution in [0.25, 0.3) is 26.4 Å². The van der Waals surface area contributed by atoms with E-state index >= 15 is 0 Å². The van der Waals surface area contributed by atoms with E-state index in [2.05, 4.69) is 39.6 Å². The van der Waals surface area contributed by atoms with Crippen molar-refractivity contribution in [3.63, 3.8) is 0 Å². The maximum atomic E-state index is 12.4. The van der Waals surface area contributed by atoms with Crippen LogP contribution in [-0.4, -0.2) is 51.3 Å². The van der Waals surface area contributed by atoms with E-state index in [0.717, 1.165) is 64.2 Å². The van der Waals surface area contributed by atoms with Crippen molar-refractivity contribution < 1.29 is 4.79 Å². The first-order valence-electron chi connectivity index (χ1n) is 10.7. The predicted octanol–water partition coefficient (Wildman–Crippen LogP) is 5.17. The van der Waals surface area contributed by atoms with Gasteiger partial charge in [0.05, 0.1) is 21.6 Å². The monoisotopic (exact) mass is 452 g/mol. The molecule has 4 aromatic rings. The van der Waals surface area contributed by atoms with Gasteiger partial charge in [0.15, 0.2) is 4.96 Å². The van der Waals surface area contributed by atoms with Gasteiger partial charge < -0.3 is 4.90 Å². The van der Waals surface area contributed by atoms with Crippen LogP contribution >= 0.6 is 22.9 Å². The van der Waals surface area contributed by atoms with Gasteiger partial charge in [0.25, 0.3) is 0 Å². The van der Waals surface area contributed by atoms with E-state index in [1.54, 1.807) is 11.3 Å². The van der Waals surface area contributed by atoms with E-state index in [0.29, 0.717) is 0 Å². The third kappa shape index (κ3) is 3.84. The zero-order chi connectivity index (χ0) is 21.5. The fraction of sp³-hybridized carbons (Fsp3) is 0.333. The van der Waals surface area contributed by atoms with Crippen molar-refractivity contribution in [3.8, 4) is 11.3 Å². The van der Waals surface area contributed by atoms with Crippen LogP contribution in [0.1, 0.15) is 19.5 Å². The number of nitrogens with zero attached hydrogens (tertiary/aromatic N) is 4. The molecular formula is C24H25ClN4OS. The number of aromatic nitrogens is 2. The topological polar surface area (TPSA) is 40.9 Å². The lowest BCUT2D eigenvalue weighted by Gasteiger charge is -2.35. The molecule has 0 saturated carbocycles. The van der Waals surface area contributed by atoms with Crippen molar-refractivity contribution in [2.45, 2.75) is 20.4 Å². The second kappa shape index (κ2) is 8.26. The number of benzene rings is 2. The van der Waals surface area contributed by atoms with Gasteiger partial charge in [-0.25, -0.2) is 4.98 Å². The predicted molar refractivity (Wildman–Crippen MR) is 128 cm³/mol. The number of carbonyl (C=O) groups is 1. The molecule has 0 aliphatic carbocycles. The van der Waals surface area contributed by atoms with Crippen LogP contribution in [0.15, 0.2) is 48.5 Å². The van der Waals surface area contributed by atoms with Gasteiger partial charge in [0.2, 0.25) is 5.91 Å². The zero-order valence-electron chi connectivity index (χ0n) is 17.7. The fourth-order valence-electron chi connectivity index (χ4n) is 4.28. The number of carbonyl (C=O) groups excluding carboxylic acids is 1. The zero-order valence-corrected chi connectivity index (χ0v) is 19.3. The first-order valence-corrected chi connectivity index (χ1v) is 11.9. The van der Waals surface area contributed by atoms with E-state index in [-0.39, 0.29) is 11.8 Å². The van der Waals surface area contributed by atoms with Gasteiger partial charge in [-0.05, 0) is 18.2 Å². The molecule has 2 aromatic carbocycles. The molecule has 31 heavy (non-hydrogen) atoms. The van der Waals surface area contributed by atoms with Gasteiger partial charge in [-0.1, -0.05) is 67.1 Å². The number of piperazine rings is 1. The van der Waals surface area contributed by atoms with Gasteiger partial charge in [-0.2, -0.15) is 0 Å². The number of hydrogen-bond donors (Lipinski definition) is 0. The Kier molecular flexibility index (Phi) is 5.46. The molecule has 1 fully saturated rings. The maximum absolute atomic E-state index is 12.4. The highest BCUT2D eigenvalue weighted by atomic mass is 35.5. The second-order valence-electron chi connectivity index (χ2n) is 8.36. The Morgan fingerprint density at radius 1 is 1.10 bits per heavy atom. The highest BCUT2D eigenvalue weighted by molar-refractivity contribution is 7.23. The summed E-state index contributed by atoms with van der Waals surface area (Å²) in [5, 5.41) is 0.743. The summed E-state index contributed by atoms with van der Waals surface area (Å²) in [6.07, 6.45) is 0. The molecule has 1 aliphatic heterocycles. The van der Waals surface area contributed by atoms with Crippen LogP contribution in [0.4, 0.5) is 0 Å². The van der Waals surface area contributed by atoms with Crippen molar-refractivity contribution >= 4 is 44.0 Å². The molecule has 1 saturated heterocycles. The summed E-state index contributed by atoms with van der Waals surface area (Å²) in [6, 6.07) is 16.4. The third-order valence-corrected chi connectivity index (χ3v) is 7.14. The molecule has 0 spiro atoms. The van der Waals surface area contributed by atoms with Crippen LogP contribution < -0.4 is 0 Å². The summed E-state index contributed by atoms with van der Waals surface area (Å²) in [6.45, 7) is 8.03. The molecule has 0 unspecified atom stereocenters. The number of amides is 1. The number of imidazole rings is 1. The molecule has 0 bridgehead atoms. The van der Waals surface area contributed by atoms with Gasteiger partial charge in [-0.15, -0.1) is 0 Å². The largest absolute Gasteiger partial charge is 0.340 e. The average molecular weight is 453 g/mol. The smallest absolute Gasteiger partial charge is 0.225 e. The Labute approximate surface area is 190 Å². The molecule has 1 aliphatic rings. The molecule has 160 valence electrons. The Hall–Kier alpha value is -2.41. The van der Waals surface area contributed by atoms with Crippen molar-refractivity contribution in [3.05, 3.63) is 59.2 Å². The van der Waals surface area contributed by atoms with E-state index in [9.17, 15) is 4.79 Å². The number of hydrogen-bond acceptors (Lipinski definition) is 4. The van der Waals surface area contributed by atoms with Crippen LogP contribution in [0.2, 0.25) is 5.02 Å². The summed E-state index contributed by atoms with van der Waals surface area (Å²) in [4.78, 5) is 22.8. The van der Waals surface area contributed by atoms with Crippen molar-refractivity contribution in [2.24, 2.45) is 5.92 Å². The lowest BCUT2D eigenvalue weighted by Crippen LogP contribution is -2.49. The third-order valence-electron chi connectivity index (χ3n) is 5.90. The minimum atomic E-state index is 0.0506. The van der Waals surface area contributed by atoms with E-state index in [1.165, 1.54) is 5.69 Å². The quantitative estimate of drug-likeness (QED) is 0.429. The van der Waals surface area contributed by atoms with Crippen LogP contribution in [0.3, 0.4) is 0 Å². The Morgan fingerprint density at radius 3 is 2.55 bits per heavy atom. The van der Waals surface area contributed by atoms with Crippen molar-refractivity contribution in [1.29, 1.82) is 0 Å². The van der Waals surface area contributed by atoms with Crippen LogP contribution in [-0.2, 0) is 11.3 Å². The number of rotatable bonds is 4. The lowest BCUT2D eigenvalue weighted by atomic mass is 10.1. The number of thiazole rings is 1. The first kappa shape index (κ1) is 20.5. The average Bonchev–Trinajstić information content (AvgIpc) is 3.30. The standard InChI is InChI=1S/C24H25ClN4OS/c1-16(2)23(30)28-12-10-27(11-13-28)15-20-22(17-6-4-3-5-7-17)26-24-29(20)19-9-8-18(25)14-21(19)31-24/h3-9,14,16H,10-13,15H2,1-2H3. The Bertz CT molecular complexity index is 1240. The number of fused-ring (bicyclic) bond motifs is 3. The highest BCUT2D eigenvalue weighted by Gasteiger charge is 2.25. The Morgan fingerprint density at radius 2 is 1.84 bits per heavy atom. The number of halogens is 1. The summed E-state index contributed by atoms with van der Waals surface area (Å²) in [5.74, 6) is 0.298. The van der Waals surface area contributed by atoms with Crippen molar-refractivity contribution in [2.75, 3.05) is 26.2 Å². The SMILES string of the molecule is CC(C)C(=O)N1CCN(Cc2c(-c3ccccc3)nc3sc4cc(Cl)ccc4n23)CC1. The maximum Gasteiger partial charge on any atom is 0.225 e. The van der Waals surface area contributed by atoms with Gasteiger partial charge >= 0.3 is 0 Å². The van der Waals surface area contributed by atoms with E-state index in [4.69, 9.17) is 16.6 Å². The molecule has 5 nitrogen and oxygen atoms in total. The first-order chi connectivity index (χ1) is 15.0. The normalized spacial score (nSPS) is 15.4. The van der Waals surface area contributed by atoms with E-state index < -0.39 is 0 Å². The molecule has 0 N–H and O–H groups in total. The van der Waals surface area contributed by atoms with Gasteiger partial charge in [0.1, 0.15) is 0 Å². The molecule has 7 heteroatoms. The summed E-state index contributed by atoms with van der Waals surface area (Å²) >= 11 is 7.90. The molecule has 1 amide bonds. The molecule has 5 rings (SSSR count). The summed E-state index contributed by atoms with van der Waals surface area (Å²) < 4.78 is 3.42. The van der Waals surface area contributed by atoms with Gasteiger partial charge in [-0.3, -0.25) is 14.1 Å². The van der Waals surface area contributed by atoms with Crippen LogP contribution in [0.5, 0.6) is 0 Å². The van der Waals surface area contributed by atoms with E-state index in [1.807, 2.05) is 36.9 Å². The molecular weight excluding hydrogens is 428 g/mol. The lowest BCUT2D eigenvalue weighted by molar-refractivity contribution is -0.136. The minimum absolute atomic E-state index is 0.0506. The minimum Gasteiger partial charge on any atom is -0.340 e. The van der Waals surface area contributed by atoms with Crippen LogP contribution in [0, 0.1) is 5.92 Å². The summed E-state index contributed by atoms with van der Waals surface area (Å²) in [5.41, 5.74) is 4.50.